The molecule has 1 aromatic carbocycles. The van der Waals surface area contributed by atoms with Crippen LogP contribution in [0.5, 0.6) is 11.5 Å². The van der Waals surface area contributed by atoms with Gasteiger partial charge in [-0.2, -0.15) is 0 Å². The van der Waals surface area contributed by atoms with Crippen LogP contribution >= 0.6 is 24.0 Å². The van der Waals surface area contributed by atoms with E-state index in [0.29, 0.717) is 45.2 Å². The maximum atomic E-state index is 13.3. The summed E-state index contributed by atoms with van der Waals surface area (Å²) in [6.45, 7) is 2.20. The summed E-state index contributed by atoms with van der Waals surface area (Å²) in [7, 11) is 3.15. The Balaban J connectivity index is 1.61. The van der Waals surface area contributed by atoms with Crippen LogP contribution in [0, 0.1) is 0 Å². The van der Waals surface area contributed by atoms with Crippen LogP contribution in [-0.4, -0.2) is 63.0 Å². The van der Waals surface area contributed by atoms with Crippen molar-refractivity contribution in [1.29, 1.82) is 0 Å². The summed E-state index contributed by atoms with van der Waals surface area (Å²) in [5, 5.41) is 12.7. The Morgan fingerprint density at radius 1 is 1.19 bits per heavy atom. The minimum Gasteiger partial charge on any atom is -0.493 e. The van der Waals surface area contributed by atoms with Crippen molar-refractivity contribution in [2.24, 2.45) is 0 Å². The van der Waals surface area contributed by atoms with Crippen molar-refractivity contribution < 1.29 is 19.4 Å². The van der Waals surface area contributed by atoms with E-state index in [1.165, 1.54) is 15.4 Å². The van der Waals surface area contributed by atoms with Gasteiger partial charge in [0.2, 0.25) is 0 Å². The van der Waals surface area contributed by atoms with Gasteiger partial charge in [-0.3, -0.25) is 18.9 Å². The molecule has 2 N–H and O–H groups in total. The lowest BCUT2D eigenvalue weighted by molar-refractivity contribution is -0.122. The highest BCUT2D eigenvalue weighted by molar-refractivity contribution is 8.26. The Bertz CT molecular complexity index is 1400. The van der Waals surface area contributed by atoms with E-state index in [9.17, 15) is 14.7 Å². The van der Waals surface area contributed by atoms with Crippen molar-refractivity contribution in [3.63, 3.8) is 0 Å². The second-order valence-corrected chi connectivity index (χ2v) is 9.79. The molecule has 9 nitrogen and oxygen atoms in total. The second-order valence-electron chi connectivity index (χ2n) is 8.11. The summed E-state index contributed by atoms with van der Waals surface area (Å²) < 4.78 is 12.5. The van der Waals surface area contributed by atoms with Crippen LogP contribution in [0.2, 0.25) is 0 Å². The van der Waals surface area contributed by atoms with E-state index < -0.39 is 6.10 Å². The average Bonchev–Trinajstić information content (AvgIpc) is 3.14. The van der Waals surface area contributed by atoms with Crippen molar-refractivity contribution in [3.8, 4) is 11.5 Å². The predicted octanol–water partition coefficient (Wildman–Crippen LogP) is 2.95. The van der Waals surface area contributed by atoms with Gasteiger partial charge < -0.3 is 19.9 Å². The fourth-order valence-corrected chi connectivity index (χ4v) is 5.00. The van der Waals surface area contributed by atoms with Crippen LogP contribution in [0.25, 0.3) is 11.7 Å². The fraction of sp³-hybridized carbons (Fsp3) is 0.280. The highest BCUT2D eigenvalue weighted by atomic mass is 32.2. The van der Waals surface area contributed by atoms with Crippen molar-refractivity contribution in [2.75, 3.05) is 32.6 Å². The Kier molecular flexibility index (Phi) is 7.92. The third-order valence-electron chi connectivity index (χ3n) is 5.56. The molecule has 0 unspecified atom stereocenters. The number of benzene rings is 1. The molecule has 1 amide bonds. The Hall–Kier alpha value is -3.41. The lowest BCUT2D eigenvalue weighted by Gasteiger charge is -2.15. The number of anilines is 1. The molecule has 3 heterocycles. The van der Waals surface area contributed by atoms with Crippen LogP contribution in [-0.2, 0) is 11.2 Å². The number of ether oxygens (including phenoxy) is 2. The maximum Gasteiger partial charge on any atom is 0.267 e. The van der Waals surface area contributed by atoms with E-state index in [4.69, 9.17) is 21.7 Å². The largest absolute Gasteiger partial charge is 0.493 e. The van der Waals surface area contributed by atoms with Gasteiger partial charge in [0.25, 0.3) is 11.5 Å². The number of methoxy groups -OCH3 is 2. The smallest absolute Gasteiger partial charge is 0.267 e. The number of aliphatic hydroxyl groups excluding tert-OH is 1. The fourth-order valence-electron chi connectivity index (χ4n) is 3.71. The van der Waals surface area contributed by atoms with Crippen molar-refractivity contribution in [1.82, 2.24) is 14.3 Å². The van der Waals surface area contributed by atoms with Crippen LogP contribution < -0.4 is 20.3 Å². The van der Waals surface area contributed by atoms with E-state index in [1.54, 1.807) is 45.5 Å². The van der Waals surface area contributed by atoms with Crippen LogP contribution in [0.1, 0.15) is 18.1 Å². The molecular weight excluding hydrogens is 500 g/mol. The maximum absolute atomic E-state index is 13.3. The van der Waals surface area contributed by atoms with Crippen molar-refractivity contribution in [3.05, 3.63) is 69.0 Å². The number of aliphatic hydroxyl groups is 1. The van der Waals surface area contributed by atoms with E-state index >= 15 is 0 Å². The number of hydrogen-bond acceptors (Lipinski definition) is 9. The molecule has 1 atom stereocenters. The quantitative estimate of drug-likeness (QED) is 0.322. The molecule has 0 saturated carbocycles. The van der Waals surface area contributed by atoms with E-state index in [2.05, 4.69) is 10.3 Å². The Morgan fingerprint density at radius 3 is 2.69 bits per heavy atom. The molecule has 1 aliphatic rings. The first-order chi connectivity index (χ1) is 17.3. The number of hydrogen-bond donors (Lipinski definition) is 2. The number of nitrogens with one attached hydrogen (secondary N) is 1. The first-order valence-electron chi connectivity index (χ1n) is 11.2. The van der Waals surface area contributed by atoms with Crippen LogP contribution in [0.4, 0.5) is 5.82 Å². The number of thiocarbonyl (C=S) groups is 1. The Morgan fingerprint density at radius 2 is 1.97 bits per heavy atom. The van der Waals surface area contributed by atoms with Crippen molar-refractivity contribution >= 4 is 51.7 Å². The third-order valence-corrected chi connectivity index (χ3v) is 6.93. The normalized spacial score (nSPS) is 15.6. The van der Waals surface area contributed by atoms with E-state index in [-0.39, 0.29) is 23.6 Å². The molecule has 1 aliphatic heterocycles. The predicted molar refractivity (Wildman–Crippen MR) is 145 cm³/mol. The first-order valence-corrected chi connectivity index (χ1v) is 12.4. The second kappa shape index (κ2) is 11.1. The Labute approximate surface area is 217 Å². The summed E-state index contributed by atoms with van der Waals surface area (Å²) >= 11 is 6.62. The number of aromatic nitrogens is 2. The molecular formula is C25H26N4O5S2. The highest BCUT2D eigenvalue weighted by Crippen LogP contribution is 2.34. The van der Waals surface area contributed by atoms with Gasteiger partial charge in [-0.25, -0.2) is 4.98 Å². The molecule has 11 heteroatoms. The summed E-state index contributed by atoms with van der Waals surface area (Å²) in [6.07, 6.45) is 3.05. The topological polar surface area (TPSA) is 105 Å². The minimum absolute atomic E-state index is 0.197. The summed E-state index contributed by atoms with van der Waals surface area (Å²) in [6, 6.07) is 10.8. The zero-order chi connectivity index (χ0) is 25.8. The minimum atomic E-state index is -0.649. The van der Waals surface area contributed by atoms with Gasteiger partial charge in [0.15, 0.2) is 11.5 Å². The number of fused-ring (bicyclic) bond motifs is 1. The van der Waals surface area contributed by atoms with Crippen LogP contribution in [0.3, 0.4) is 0 Å². The zero-order valence-corrected chi connectivity index (χ0v) is 21.7. The number of carbonyl (C=O) groups excluding carboxylic acids is 1. The molecule has 0 radical (unpaired) electrons. The molecule has 3 aromatic rings. The lowest BCUT2D eigenvalue weighted by Crippen LogP contribution is -2.30. The summed E-state index contributed by atoms with van der Waals surface area (Å²) in [5.41, 5.74) is 1.31. The number of pyridine rings is 1. The molecule has 1 fully saturated rings. The van der Waals surface area contributed by atoms with Gasteiger partial charge in [0, 0.05) is 19.3 Å². The SMILES string of the molecule is COc1ccc(CCN2C(=O)/C(=C/c3c(NC[C@H](C)O)nc4ccccn4c3=O)SC2=S)cc1OC. The molecule has 0 bridgehead atoms. The molecule has 0 spiro atoms. The number of carbonyl (C=O) groups is 1. The summed E-state index contributed by atoms with van der Waals surface area (Å²) in [5.74, 6) is 1.26. The molecule has 1 saturated heterocycles. The van der Waals surface area contributed by atoms with Gasteiger partial charge in [-0.1, -0.05) is 36.1 Å². The van der Waals surface area contributed by atoms with Gasteiger partial charge >= 0.3 is 0 Å². The first kappa shape index (κ1) is 25.7. The van der Waals surface area contributed by atoms with E-state index in [1.807, 2.05) is 18.2 Å². The molecule has 2 aromatic heterocycles. The zero-order valence-electron chi connectivity index (χ0n) is 20.1. The van der Waals surface area contributed by atoms with Gasteiger partial charge in [-0.05, 0) is 49.2 Å². The monoisotopic (exact) mass is 526 g/mol. The summed E-state index contributed by atoms with van der Waals surface area (Å²) in [4.78, 5) is 32.9. The number of amides is 1. The van der Waals surface area contributed by atoms with Gasteiger partial charge in [0.05, 0.1) is 30.8 Å². The number of thioether (sulfide) groups is 1. The highest BCUT2D eigenvalue weighted by Gasteiger charge is 2.32. The molecule has 0 aliphatic carbocycles. The van der Waals surface area contributed by atoms with Gasteiger partial charge in [0.1, 0.15) is 15.8 Å². The standard InChI is InChI=1S/C25H26N4O5S2/c1-15(30)14-26-22-17(23(31)28-10-5-4-6-21(28)27-22)13-20-24(32)29(25(35)36-20)11-9-16-7-8-18(33-2)19(12-16)34-3/h4-8,10,12-13,15,26,30H,9,11,14H2,1-3H3/b20-13-/t15-/m0/s1. The number of rotatable bonds is 9. The van der Waals surface area contributed by atoms with Crippen LogP contribution in [0.15, 0.2) is 52.3 Å². The lowest BCUT2D eigenvalue weighted by atomic mass is 10.1. The number of nitrogens with zero attached hydrogens (tertiary/aromatic N) is 3. The molecule has 36 heavy (non-hydrogen) atoms. The third kappa shape index (κ3) is 5.38. The molecule has 188 valence electrons. The molecule has 4 rings (SSSR count). The van der Waals surface area contributed by atoms with E-state index in [0.717, 1.165) is 17.3 Å². The van der Waals surface area contributed by atoms with Crippen molar-refractivity contribution in [2.45, 2.75) is 19.4 Å². The average molecular weight is 527 g/mol. The van der Waals surface area contributed by atoms with Gasteiger partial charge in [-0.15, -0.1) is 0 Å².